The van der Waals surface area contributed by atoms with Crippen molar-refractivity contribution in [3.8, 4) is 0 Å². The lowest BCUT2D eigenvalue weighted by Gasteiger charge is -2.34. The Morgan fingerprint density at radius 3 is 2.71 bits per heavy atom. The van der Waals surface area contributed by atoms with Crippen molar-refractivity contribution in [2.24, 2.45) is 0 Å². The van der Waals surface area contributed by atoms with Crippen LogP contribution in [0, 0.1) is 0 Å². The van der Waals surface area contributed by atoms with Gasteiger partial charge >= 0.3 is 0 Å². The molecule has 0 aromatic heterocycles. The minimum Gasteiger partial charge on any atom is -0.392 e. The van der Waals surface area contributed by atoms with Crippen LogP contribution in [0.15, 0.2) is 18.2 Å². The number of rotatable bonds is 3. The predicted molar refractivity (Wildman–Crippen MR) is 69.6 cm³/mol. The topological polar surface area (TPSA) is 32.7 Å². The van der Waals surface area contributed by atoms with Gasteiger partial charge in [0.15, 0.2) is 0 Å². The average Bonchev–Trinajstić information content (AvgIpc) is 2.38. The fourth-order valence-corrected chi connectivity index (χ4v) is 2.56. The summed E-state index contributed by atoms with van der Waals surface area (Å²) in [6.45, 7) is 1.89. The molecule has 1 aromatic rings. The van der Waals surface area contributed by atoms with E-state index in [9.17, 15) is 5.11 Å². The molecule has 17 heavy (non-hydrogen) atoms. The molecule has 1 fully saturated rings. The molecule has 0 radical (unpaired) electrons. The minimum absolute atomic E-state index is 0.0147. The number of ether oxygens (including phenoxy) is 1. The first kappa shape index (κ1) is 12.7. The summed E-state index contributed by atoms with van der Waals surface area (Å²) < 4.78 is 5.35. The normalized spacial score (nSPS) is 17.5. The third-order valence-electron chi connectivity index (χ3n) is 3.37. The van der Waals surface area contributed by atoms with Crippen LogP contribution in [-0.4, -0.2) is 31.4 Å². The van der Waals surface area contributed by atoms with Crippen LogP contribution in [0.2, 0.25) is 5.02 Å². The van der Waals surface area contributed by atoms with Gasteiger partial charge in [-0.3, -0.25) is 0 Å². The molecule has 1 saturated heterocycles. The van der Waals surface area contributed by atoms with Crippen molar-refractivity contribution in [3.05, 3.63) is 28.8 Å². The summed E-state index contributed by atoms with van der Waals surface area (Å²) in [6.07, 6.45) is 2.41. The van der Waals surface area contributed by atoms with Crippen LogP contribution >= 0.6 is 11.6 Å². The van der Waals surface area contributed by atoms with Crippen molar-refractivity contribution in [1.29, 1.82) is 0 Å². The number of halogens is 1. The molecule has 94 valence electrons. The molecule has 2 rings (SSSR count). The molecule has 1 aromatic carbocycles. The molecule has 0 bridgehead atoms. The molecule has 3 nitrogen and oxygen atoms in total. The summed E-state index contributed by atoms with van der Waals surface area (Å²) >= 11 is 6.09. The number of methoxy groups -OCH3 is 1. The van der Waals surface area contributed by atoms with Crippen LogP contribution in [0.25, 0.3) is 0 Å². The maximum Gasteiger partial charge on any atom is 0.0716 e. The molecule has 1 aliphatic heterocycles. The molecule has 4 heteroatoms. The SMILES string of the molecule is COC1CCN(c2cccc(Cl)c2CO)CC1. The van der Waals surface area contributed by atoms with Gasteiger partial charge in [-0.2, -0.15) is 0 Å². The molecule has 0 aliphatic carbocycles. The molecule has 0 saturated carbocycles. The zero-order chi connectivity index (χ0) is 12.3. The fraction of sp³-hybridized carbons (Fsp3) is 0.538. The Labute approximate surface area is 107 Å². The number of aliphatic hydroxyl groups excluding tert-OH is 1. The number of hydrogen-bond acceptors (Lipinski definition) is 3. The lowest BCUT2D eigenvalue weighted by atomic mass is 10.1. The van der Waals surface area contributed by atoms with Gasteiger partial charge in [0.2, 0.25) is 0 Å². The van der Waals surface area contributed by atoms with Crippen LogP contribution in [0.4, 0.5) is 5.69 Å². The molecule has 1 aliphatic rings. The van der Waals surface area contributed by atoms with E-state index in [4.69, 9.17) is 16.3 Å². The summed E-state index contributed by atoms with van der Waals surface area (Å²) in [4.78, 5) is 2.27. The van der Waals surface area contributed by atoms with Gasteiger partial charge < -0.3 is 14.7 Å². The Morgan fingerprint density at radius 1 is 1.41 bits per heavy atom. The van der Waals surface area contributed by atoms with Gasteiger partial charge in [-0.25, -0.2) is 0 Å². The molecule has 1 heterocycles. The number of anilines is 1. The fourth-order valence-electron chi connectivity index (χ4n) is 2.33. The van der Waals surface area contributed by atoms with Crippen molar-refractivity contribution < 1.29 is 9.84 Å². The van der Waals surface area contributed by atoms with Crippen molar-refractivity contribution in [2.45, 2.75) is 25.6 Å². The van der Waals surface area contributed by atoms with E-state index in [1.54, 1.807) is 7.11 Å². The van der Waals surface area contributed by atoms with Gasteiger partial charge in [-0.1, -0.05) is 17.7 Å². The summed E-state index contributed by atoms with van der Waals surface area (Å²) in [5.41, 5.74) is 1.87. The van der Waals surface area contributed by atoms with Crippen molar-refractivity contribution in [2.75, 3.05) is 25.1 Å². The average molecular weight is 256 g/mol. The van der Waals surface area contributed by atoms with E-state index in [2.05, 4.69) is 4.90 Å². The number of benzene rings is 1. The standard InChI is InChI=1S/C13H18ClNO2/c1-17-10-5-7-15(8-6-10)13-4-2-3-12(14)11(13)9-16/h2-4,10,16H,5-9H2,1H3. The lowest BCUT2D eigenvalue weighted by Crippen LogP contribution is -2.37. The summed E-state index contributed by atoms with van der Waals surface area (Å²) in [5.74, 6) is 0. The Morgan fingerprint density at radius 2 is 2.12 bits per heavy atom. The van der Waals surface area contributed by atoms with Gasteiger partial charge in [0, 0.05) is 36.5 Å². The third-order valence-corrected chi connectivity index (χ3v) is 3.72. The maximum atomic E-state index is 9.39. The Kier molecular flexibility index (Phi) is 4.26. The summed E-state index contributed by atoms with van der Waals surface area (Å²) in [7, 11) is 1.76. The smallest absolute Gasteiger partial charge is 0.0716 e. The van der Waals surface area contributed by atoms with E-state index in [0.29, 0.717) is 11.1 Å². The predicted octanol–water partition coefficient (Wildman–Crippen LogP) is 2.45. The second kappa shape index (κ2) is 5.71. The van der Waals surface area contributed by atoms with Gasteiger partial charge in [0.25, 0.3) is 0 Å². The van der Waals surface area contributed by atoms with E-state index in [0.717, 1.165) is 37.2 Å². The lowest BCUT2D eigenvalue weighted by molar-refractivity contribution is 0.0818. The van der Waals surface area contributed by atoms with Crippen molar-refractivity contribution >= 4 is 17.3 Å². The monoisotopic (exact) mass is 255 g/mol. The van der Waals surface area contributed by atoms with E-state index in [1.807, 2.05) is 18.2 Å². The number of aliphatic hydroxyl groups is 1. The van der Waals surface area contributed by atoms with Gasteiger partial charge in [-0.15, -0.1) is 0 Å². The van der Waals surface area contributed by atoms with Gasteiger partial charge in [-0.05, 0) is 25.0 Å². The summed E-state index contributed by atoms with van der Waals surface area (Å²) in [5, 5.41) is 10.0. The molecule has 0 spiro atoms. The zero-order valence-electron chi connectivity index (χ0n) is 10.0. The van der Waals surface area contributed by atoms with E-state index in [-0.39, 0.29) is 6.61 Å². The first-order chi connectivity index (χ1) is 8.26. The third kappa shape index (κ3) is 2.73. The Hall–Kier alpha value is -0.770. The quantitative estimate of drug-likeness (QED) is 0.901. The molecular formula is C13H18ClNO2. The van der Waals surface area contributed by atoms with E-state index >= 15 is 0 Å². The highest BCUT2D eigenvalue weighted by molar-refractivity contribution is 6.31. The second-order valence-corrected chi connectivity index (χ2v) is 4.72. The Balaban J connectivity index is 2.15. The second-order valence-electron chi connectivity index (χ2n) is 4.32. The van der Waals surface area contributed by atoms with Crippen LogP contribution < -0.4 is 4.90 Å². The van der Waals surface area contributed by atoms with Crippen LogP contribution in [0.3, 0.4) is 0 Å². The first-order valence-electron chi connectivity index (χ1n) is 5.92. The minimum atomic E-state index is -0.0147. The van der Waals surface area contributed by atoms with Crippen molar-refractivity contribution in [3.63, 3.8) is 0 Å². The largest absolute Gasteiger partial charge is 0.392 e. The van der Waals surface area contributed by atoms with E-state index in [1.165, 1.54) is 0 Å². The molecule has 0 amide bonds. The molecule has 0 atom stereocenters. The van der Waals surface area contributed by atoms with Crippen LogP contribution in [-0.2, 0) is 11.3 Å². The highest BCUT2D eigenvalue weighted by atomic mass is 35.5. The summed E-state index contributed by atoms with van der Waals surface area (Å²) in [6, 6.07) is 5.77. The number of nitrogens with zero attached hydrogens (tertiary/aromatic N) is 1. The zero-order valence-corrected chi connectivity index (χ0v) is 10.8. The maximum absolute atomic E-state index is 9.39. The number of hydrogen-bond donors (Lipinski definition) is 1. The highest BCUT2D eigenvalue weighted by Crippen LogP contribution is 2.29. The van der Waals surface area contributed by atoms with Crippen molar-refractivity contribution in [1.82, 2.24) is 0 Å². The van der Waals surface area contributed by atoms with Crippen LogP contribution in [0.5, 0.6) is 0 Å². The number of piperidine rings is 1. The first-order valence-corrected chi connectivity index (χ1v) is 6.30. The molecule has 1 N–H and O–H groups in total. The molecule has 0 unspecified atom stereocenters. The van der Waals surface area contributed by atoms with E-state index < -0.39 is 0 Å². The highest BCUT2D eigenvalue weighted by Gasteiger charge is 2.21. The molecular weight excluding hydrogens is 238 g/mol. The van der Waals surface area contributed by atoms with Gasteiger partial charge in [0.05, 0.1) is 12.7 Å². The van der Waals surface area contributed by atoms with Crippen LogP contribution in [0.1, 0.15) is 18.4 Å². The van der Waals surface area contributed by atoms with Gasteiger partial charge in [0.1, 0.15) is 0 Å². The Bertz CT molecular complexity index is 376.